The third-order valence-corrected chi connectivity index (χ3v) is 2.76. The molecule has 0 aliphatic heterocycles. The maximum atomic E-state index is 12.5. The highest BCUT2D eigenvalue weighted by Crippen LogP contribution is 2.31. The van der Waals surface area contributed by atoms with Crippen molar-refractivity contribution in [3.8, 4) is 0 Å². The molecule has 0 radical (unpaired) electrons. The molecular formula is C11H12F3N3O. The van der Waals surface area contributed by atoms with Gasteiger partial charge in [0.2, 0.25) is 0 Å². The van der Waals surface area contributed by atoms with Crippen LogP contribution in [0.1, 0.15) is 17.5 Å². The predicted molar refractivity (Wildman–Crippen MR) is 59.7 cm³/mol. The number of benzene rings is 1. The largest absolute Gasteiger partial charge is 0.416 e. The maximum absolute atomic E-state index is 12.5. The number of nitrogens with zero attached hydrogens (tertiary/aromatic N) is 2. The number of hydrogen-bond acceptors (Lipinski definition) is 3. The van der Waals surface area contributed by atoms with E-state index in [1.807, 2.05) is 0 Å². The summed E-state index contributed by atoms with van der Waals surface area (Å²) in [7, 11) is 1.62. The van der Waals surface area contributed by atoms with Crippen molar-refractivity contribution in [2.24, 2.45) is 12.8 Å². The van der Waals surface area contributed by atoms with E-state index in [4.69, 9.17) is 5.73 Å². The van der Waals surface area contributed by atoms with Gasteiger partial charge in [-0.15, -0.1) is 0 Å². The second-order valence-electron chi connectivity index (χ2n) is 3.98. The number of aliphatic hydroxyl groups excluding tert-OH is 1. The van der Waals surface area contributed by atoms with Gasteiger partial charge in [-0.25, -0.2) is 4.98 Å². The number of rotatable bonds is 2. The topological polar surface area (TPSA) is 64.1 Å². The molecule has 98 valence electrons. The van der Waals surface area contributed by atoms with Gasteiger partial charge >= 0.3 is 6.18 Å². The molecule has 1 heterocycles. The van der Waals surface area contributed by atoms with Crippen LogP contribution in [0, 0.1) is 0 Å². The van der Waals surface area contributed by atoms with Crippen molar-refractivity contribution in [2.75, 3.05) is 6.54 Å². The highest BCUT2D eigenvalue weighted by Gasteiger charge is 2.31. The molecule has 0 saturated heterocycles. The summed E-state index contributed by atoms with van der Waals surface area (Å²) in [6.07, 6.45) is -5.39. The quantitative estimate of drug-likeness (QED) is 0.860. The first-order valence-corrected chi connectivity index (χ1v) is 5.26. The number of aromatic nitrogens is 2. The molecule has 0 spiro atoms. The molecule has 2 rings (SSSR count). The van der Waals surface area contributed by atoms with Gasteiger partial charge in [0.05, 0.1) is 16.6 Å². The minimum Gasteiger partial charge on any atom is -0.384 e. The van der Waals surface area contributed by atoms with Crippen LogP contribution >= 0.6 is 0 Å². The molecule has 4 nitrogen and oxygen atoms in total. The number of aliphatic hydroxyl groups is 1. The molecule has 1 aromatic heterocycles. The summed E-state index contributed by atoms with van der Waals surface area (Å²) < 4.78 is 39.2. The molecule has 1 aromatic carbocycles. The summed E-state index contributed by atoms with van der Waals surface area (Å²) in [4.78, 5) is 3.99. The molecular weight excluding hydrogens is 247 g/mol. The van der Waals surface area contributed by atoms with Gasteiger partial charge < -0.3 is 15.4 Å². The van der Waals surface area contributed by atoms with Crippen LogP contribution in [0.25, 0.3) is 11.0 Å². The zero-order valence-corrected chi connectivity index (χ0v) is 9.57. The highest BCUT2D eigenvalue weighted by atomic mass is 19.4. The van der Waals surface area contributed by atoms with E-state index in [2.05, 4.69) is 4.98 Å². The molecule has 0 amide bonds. The first kappa shape index (κ1) is 12.8. The van der Waals surface area contributed by atoms with Crippen LogP contribution < -0.4 is 5.73 Å². The SMILES string of the molecule is Cn1c(C(O)CN)nc2cc(C(F)(F)F)ccc21. The second kappa shape index (κ2) is 4.25. The molecule has 1 atom stereocenters. The third kappa shape index (κ3) is 2.06. The Bertz CT molecular complexity index is 577. The fraction of sp³-hybridized carbons (Fsp3) is 0.364. The van der Waals surface area contributed by atoms with Crippen molar-refractivity contribution in [3.05, 3.63) is 29.6 Å². The van der Waals surface area contributed by atoms with E-state index in [9.17, 15) is 18.3 Å². The lowest BCUT2D eigenvalue weighted by Gasteiger charge is -2.07. The number of halogens is 3. The molecule has 18 heavy (non-hydrogen) atoms. The maximum Gasteiger partial charge on any atom is 0.416 e. The summed E-state index contributed by atoms with van der Waals surface area (Å²) in [6, 6.07) is 3.28. The van der Waals surface area contributed by atoms with Crippen LogP contribution in [-0.2, 0) is 13.2 Å². The number of hydrogen-bond donors (Lipinski definition) is 2. The Labute approximate surface area is 101 Å². The van der Waals surface area contributed by atoms with Crippen LogP contribution in [-0.4, -0.2) is 21.2 Å². The van der Waals surface area contributed by atoms with E-state index in [1.54, 1.807) is 7.05 Å². The van der Waals surface area contributed by atoms with Crippen molar-refractivity contribution in [1.82, 2.24) is 9.55 Å². The van der Waals surface area contributed by atoms with Gasteiger partial charge in [0.15, 0.2) is 0 Å². The molecule has 0 saturated carbocycles. The predicted octanol–water partition coefficient (Wildman–Crippen LogP) is 1.58. The van der Waals surface area contributed by atoms with Crippen LogP contribution in [0.15, 0.2) is 18.2 Å². The van der Waals surface area contributed by atoms with Crippen LogP contribution in [0.5, 0.6) is 0 Å². The van der Waals surface area contributed by atoms with Crippen LogP contribution in [0.2, 0.25) is 0 Å². The van der Waals surface area contributed by atoms with Gasteiger partial charge in [0, 0.05) is 13.6 Å². The van der Waals surface area contributed by atoms with Crippen molar-refractivity contribution in [1.29, 1.82) is 0 Å². The molecule has 0 bridgehead atoms. The standard InChI is InChI=1S/C11H12F3N3O/c1-17-8-3-2-6(11(12,13)14)4-7(8)16-10(17)9(18)5-15/h2-4,9,18H,5,15H2,1H3. The third-order valence-electron chi connectivity index (χ3n) is 2.76. The van der Waals surface area contributed by atoms with Gasteiger partial charge in [-0.2, -0.15) is 13.2 Å². The zero-order chi connectivity index (χ0) is 13.5. The molecule has 2 aromatic rings. The Morgan fingerprint density at radius 2 is 2.11 bits per heavy atom. The summed E-state index contributed by atoms with van der Waals surface area (Å²) in [5, 5.41) is 9.61. The van der Waals surface area contributed by atoms with Gasteiger partial charge in [-0.05, 0) is 18.2 Å². The lowest BCUT2D eigenvalue weighted by molar-refractivity contribution is -0.137. The monoisotopic (exact) mass is 259 g/mol. The number of nitrogens with two attached hydrogens (primary N) is 1. The molecule has 0 aliphatic rings. The normalized spacial score (nSPS) is 14.1. The van der Waals surface area contributed by atoms with E-state index in [1.165, 1.54) is 10.6 Å². The molecule has 1 unspecified atom stereocenters. The van der Waals surface area contributed by atoms with Gasteiger partial charge in [-0.1, -0.05) is 0 Å². The molecule has 3 N–H and O–H groups in total. The second-order valence-corrected chi connectivity index (χ2v) is 3.98. The molecule has 0 fully saturated rings. The number of imidazole rings is 1. The highest BCUT2D eigenvalue weighted by molar-refractivity contribution is 5.77. The van der Waals surface area contributed by atoms with Crippen LogP contribution in [0.3, 0.4) is 0 Å². The molecule has 7 heteroatoms. The van der Waals surface area contributed by atoms with Crippen LogP contribution in [0.4, 0.5) is 13.2 Å². The van der Waals surface area contributed by atoms with Gasteiger partial charge in [0.1, 0.15) is 11.9 Å². The number of alkyl halides is 3. The molecule has 0 aliphatic carbocycles. The lowest BCUT2D eigenvalue weighted by atomic mass is 10.2. The van der Waals surface area contributed by atoms with Crippen molar-refractivity contribution in [3.63, 3.8) is 0 Å². The minimum absolute atomic E-state index is 0.0384. The van der Waals surface area contributed by atoms with Crippen molar-refractivity contribution in [2.45, 2.75) is 12.3 Å². The summed E-state index contributed by atoms with van der Waals surface area (Å²) in [5.41, 5.74) is 5.26. The lowest BCUT2D eigenvalue weighted by Crippen LogP contribution is -2.15. The fourth-order valence-electron chi connectivity index (χ4n) is 1.80. The average Bonchev–Trinajstić information content (AvgIpc) is 2.64. The number of fused-ring (bicyclic) bond motifs is 1. The number of aryl methyl sites for hydroxylation is 1. The van der Waals surface area contributed by atoms with E-state index in [0.29, 0.717) is 5.52 Å². The Hall–Kier alpha value is -1.60. The smallest absolute Gasteiger partial charge is 0.384 e. The van der Waals surface area contributed by atoms with E-state index >= 15 is 0 Å². The summed E-state index contributed by atoms with van der Waals surface area (Å²) in [5.74, 6) is 0.256. The fourth-order valence-corrected chi connectivity index (χ4v) is 1.80. The van der Waals surface area contributed by atoms with Gasteiger partial charge in [-0.3, -0.25) is 0 Å². The van der Waals surface area contributed by atoms with Crippen molar-refractivity contribution >= 4 is 11.0 Å². The van der Waals surface area contributed by atoms with E-state index in [-0.39, 0.29) is 17.9 Å². The Balaban J connectivity index is 2.59. The first-order valence-electron chi connectivity index (χ1n) is 5.26. The summed E-state index contributed by atoms with van der Waals surface area (Å²) in [6.45, 7) is -0.0384. The van der Waals surface area contributed by atoms with Gasteiger partial charge in [0.25, 0.3) is 0 Å². The zero-order valence-electron chi connectivity index (χ0n) is 9.57. The van der Waals surface area contributed by atoms with E-state index in [0.717, 1.165) is 12.1 Å². The first-order chi connectivity index (χ1) is 8.34. The minimum atomic E-state index is -4.40. The average molecular weight is 259 g/mol. The van der Waals surface area contributed by atoms with E-state index < -0.39 is 17.8 Å². The summed E-state index contributed by atoms with van der Waals surface area (Å²) >= 11 is 0. The Morgan fingerprint density at radius 1 is 1.44 bits per heavy atom. The Kier molecular flexibility index (Phi) is 3.04. The Morgan fingerprint density at radius 3 is 2.67 bits per heavy atom. The van der Waals surface area contributed by atoms with Crippen molar-refractivity contribution < 1.29 is 18.3 Å².